The number of carbonyl (C=O) groups excluding carboxylic acids is 3. The van der Waals surface area contributed by atoms with Crippen molar-refractivity contribution < 1.29 is 29.0 Å². The lowest BCUT2D eigenvalue weighted by molar-refractivity contribution is -0.385. The monoisotopic (exact) mass is 458 g/mol. The van der Waals surface area contributed by atoms with Gasteiger partial charge in [0.25, 0.3) is 11.4 Å². The number of hydrogen-bond acceptors (Lipinski definition) is 8. The Morgan fingerprint density at radius 2 is 1.67 bits per heavy atom. The Morgan fingerprint density at radius 1 is 1.03 bits per heavy atom. The maximum atomic E-state index is 12.6. The van der Waals surface area contributed by atoms with E-state index < -0.39 is 39.6 Å². The molecule has 3 N–H and O–H groups in total. The van der Waals surface area contributed by atoms with E-state index in [-0.39, 0.29) is 30.8 Å². The summed E-state index contributed by atoms with van der Waals surface area (Å²) in [7, 11) is 0. The van der Waals surface area contributed by atoms with Crippen LogP contribution in [0.25, 0.3) is 0 Å². The van der Waals surface area contributed by atoms with Crippen molar-refractivity contribution >= 4 is 29.2 Å². The highest BCUT2D eigenvalue weighted by Gasteiger charge is 2.32. The Balaban J connectivity index is 2.30. The number of carbonyl (C=O) groups is 3. The topological polar surface area (TPSA) is 185 Å². The molecular formula is C21H22N4O8. The van der Waals surface area contributed by atoms with Crippen LogP contribution in [0.15, 0.2) is 48.5 Å². The van der Waals surface area contributed by atoms with E-state index in [4.69, 9.17) is 10.5 Å². The van der Waals surface area contributed by atoms with Crippen LogP contribution in [0.3, 0.4) is 0 Å². The number of benzene rings is 2. The van der Waals surface area contributed by atoms with Crippen molar-refractivity contribution in [1.29, 1.82) is 0 Å². The van der Waals surface area contributed by atoms with Crippen LogP contribution in [0.2, 0.25) is 0 Å². The molecule has 0 aliphatic heterocycles. The van der Waals surface area contributed by atoms with Gasteiger partial charge in [0, 0.05) is 30.2 Å². The minimum atomic E-state index is -1.35. The minimum absolute atomic E-state index is 0.0895. The molecule has 2 rings (SSSR count). The fraction of sp³-hybridized carbons (Fsp3) is 0.286. The van der Waals surface area contributed by atoms with Crippen LogP contribution in [0, 0.1) is 20.2 Å². The molecule has 0 bridgehead atoms. The average Bonchev–Trinajstić information content (AvgIpc) is 2.76. The van der Waals surface area contributed by atoms with Crippen LogP contribution in [0.5, 0.6) is 0 Å². The van der Waals surface area contributed by atoms with Crippen molar-refractivity contribution in [3.8, 4) is 0 Å². The quantitative estimate of drug-likeness (QED) is 0.290. The second kappa shape index (κ2) is 11.3. The first-order chi connectivity index (χ1) is 15.6. The van der Waals surface area contributed by atoms with Gasteiger partial charge < -0.3 is 15.8 Å². The number of non-ortho nitro benzene ring substituents is 2. The third-order valence-electron chi connectivity index (χ3n) is 4.74. The van der Waals surface area contributed by atoms with Gasteiger partial charge in [-0.2, -0.15) is 0 Å². The molecule has 0 radical (unpaired) electrons. The molecule has 2 aromatic carbocycles. The smallest absolute Gasteiger partial charge is 0.306 e. The molecule has 0 heterocycles. The second-order valence-electron chi connectivity index (χ2n) is 7.02. The number of nitro benzene ring substituents is 2. The van der Waals surface area contributed by atoms with E-state index in [0.29, 0.717) is 11.1 Å². The first kappa shape index (κ1) is 24.9. The van der Waals surface area contributed by atoms with Gasteiger partial charge in [-0.3, -0.25) is 34.6 Å². The molecule has 0 unspecified atom stereocenters. The van der Waals surface area contributed by atoms with Crippen molar-refractivity contribution in [3.63, 3.8) is 0 Å². The Bertz CT molecular complexity index is 1050. The average molecular weight is 458 g/mol. The SMILES string of the molecule is CCOC(=O)C[C@@H](c1ccc([N+](=O)[O-])cc1)[C@H](NC(=O)Cc1cccc([N+](=O)[O-])c1)C(N)=O. The van der Waals surface area contributed by atoms with E-state index in [1.807, 2.05) is 0 Å². The molecule has 12 heteroatoms. The molecule has 0 aliphatic carbocycles. The maximum Gasteiger partial charge on any atom is 0.306 e. The highest BCUT2D eigenvalue weighted by molar-refractivity contribution is 5.89. The number of nitro groups is 2. The zero-order valence-electron chi connectivity index (χ0n) is 17.6. The van der Waals surface area contributed by atoms with E-state index in [1.54, 1.807) is 6.92 Å². The number of hydrogen-bond donors (Lipinski definition) is 2. The van der Waals surface area contributed by atoms with Gasteiger partial charge in [0.1, 0.15) is 6.04 Å². The Hall–Kier alpha value is -4.35. The van der Waals surface area contributed by atoms with E-state index in [1.165, 1.54) is 48.5 Å². The highest BCUT2D eigenvalue weighted by Crippen LogP contribution is 2.27. The highest BCUT2D eigenvalue weighted by atomic mass is 16.6. The first-order valence-corrected chi connectivity index (χ1v) is 9.84. The van der Waals surface area contributed by atoms with Gasteiger partial charge in [-0.1, -0.05) is 24.3 Å². The molecule has 2 amide bonds. The zero-order chi connectivity index (χ0) is 24.5. The van der Waals surface area contributed by atoms with Crippen LogP contribution in [0.4, 0.5) is 11.4 Å². The fourth-order valence-electron chi connectivity index (χ4n) is 3.23. The Kier molecular flexibility index (Phi) is 8.55. The summed E-state index contributed by atoms with van der Waals surface area (Å²) in [6, 6.07) is 9.23. The van der Waals surface area contributed by atoms with Crippen LogP contribution in [0.1, 0.15) is 30.4 Å². The predicted molar refractivity (Wildman–Crippen MR) is 115 cm³/mol. The van der Waals surface area contributed by atoms with Crippen LogP contribution < -0.4 is 11.1 Å². The Labute approximate surface area is 188 Å². The number of esters is 1. The third kappa shape index (κ3) is 7.09. The number of nitrogens with two attached hydrogens (primary N) is 1. The molecule has 0 saturated heterocycles. The van der Waals surface area contributed by atoms with E-state index in [0.717, 1.165) is 0 Å². The molecule has 2 aromatic rings. The fourth-order valence-corrected chi connectivity index (χ4v) is 3.23. The Morgan fingerprint density at radius 3 is 2.21 bits per heavy atom. The molecule has 0 spiro atoms. The predicted octanol–water partition coefficient (Wildman–Crippen LogP) is 1.75. The molecule has 12 nitrogen and oxygen atoms in total. The van der Waals surface area contributed by atoms with Gasteiger partial charge in [0.2, 0.25) is 11.8 Å². The number of ether oxygens (including phenoxy) is 1. The molecule has 0 aromatic heterocycles. The lowest BCUT2D eigenvalue weighted by Crippen LogP contribution is -2.49. The first-order valence-electron chi connectivity index (χ1n) is 9.84. The number of amides is 2. The summed E-state index contributed by atoms with van der Waals surface area (Å²) in [5, 5.41) is 24.3. The van der Waals surface area contributed by atoms with E-state index in [2.05, 4.69) is 5.32 Å². The van der Waals surface area contributed by atoms with Gasteiger partial charge >= 0.3 is 5.97 Å². The number of primary amides is 1. The lowest BCUT2D eigenvalue weighted by atomic mass is 9.87. The second-order valence-corrected chi connectivity index (χ2v) is 7.02. The third-order valence-corrected chi connectivity index (χ3v) is 4.74. The van der Waals surface area contributed by atoms with Gasteiger partial charge in [-0.05, 0) is 18.1 Å². The summed E-state index contributed by atoms with van der Waals surface area (Å²) in [4.78, 5) is 57.6. The molecule has 174 valence electrons. The van der Waals surface area contributed by atoms with Gasteiger partial charge in [-0.25, -0.2) is 0 Å². The molecular weight excluding hydrogens is 436 g/mol. The summed E-state index contributed by atoms with van der Waals surface area (Å²) >= 11 is 0. The molecule has 33 heavy (non-hydrogen) atoms. The normalized spacial score (nSPS) is 12.3. The number of nitrogens with one attached hydrogen (secondary N) is 1. The summed E-state index contributed by atoms with van der Waals surface area (Å²) in [6.45, 7) is 1.69. The molecule has 0 fully saturated rings. The van der Waals surface area contributed by atoms with Crippen LogP contribution >= 0.6 is 0 Å². The summed E-state index contributed by atoms with van der Waals surface area (Å²) < 4.78 is 4.95. The van der Waals surface area contributed by atoms with Crippen molar-refractivity contribution in [2.45, 2.75) is 31.7 Å². The summed E-state index contributed by atoms with van der Waals surface area (Å²) in [6.07, 6.45) is -0.603. The van der Waals surface area contributed by atoms with E-state index in [9.17, 15) is 34.6 Å². The molecule has 0 saturated carbocycles. The zero-order valence-corrected chi connectivity index (χ0v) is 17.6. The largest absolute Gasteiger partial charge is 0.466 e. The van der Waals surface area contributed by atoms with Gasteiger partial charge in [-0.15, -0.1) is 0 Å². The summed E-state index contributed by atoms with van der Waals surface area (Å²) in [5.41, 5.74) is 5.80. The maximum absolute atomic E-state index is 12.6. The van der Waals surface area contributed by atoms with Crippen molar-refractivity contribution in [2.75, 3.05) is 6.61 Å². The molecule has 0 aliphatic rings. The molecule has 2 atom stereocenters. The van der Waals surface area contributed by atoms with Crippen LogP contribution in [-0.2, 0) is 25.5 Å². The van der Waals surface area contributed by atoms with Gasteiger partial charge in [0.05, 0.1) is 29.3 Å². The number of rotatable bonds is 11. The van der Waals surface area contributed by atoms with Crippen LogP contribution in [-0.4, -0.2) is 40.3 Å². The van der Waals surface area contributed by atoms with Crippen molar-refractivity contribution in [2.24, 2.45) is 5.73 Å². The van der Waals surface area contributed by atoms with E-state index >= 15 is 0 Å². The lowest BCUT2D eigenvalue weighted by Gasteiger charge is -2.25. The number of nitrogens with zero attached hydrogens (tertiary/aromatic N) is 2. The summed E-state index contributed by atoms with van der Waals surface area (Å²) in [5.74, 6) is -3.21. The minimum Gasteiger partial charge on any atom is -0.466 e. The van der Waals surface area contributed by atoms with Gasteiger partial charge in [0.15, 0.2) is 0 Å². The van der Waals surface area contributed by atoms with Crippen molar-refractivity contribution in [1.82, 2.24) is 5.32 Å². The standard InChI is InChI=1S/C21H22N4O8/c1-2-33-19(27)12-17(14-6-8-15(9-7-14)24(29)30)20(21(22)28)23-18(26)11-13-4-3-5-16(10-13)25(31)32/h3-10,17,20H,2,11-12H2,1H3,(H2,22,28)(H,23,26)/t17-,20-/m0/s1. The van der Waals surface area contributed by atoms with Crippen molar-refractivity contribution in [3.05, 3.63) is 79.9 Å².